The summed E-state index contributed by atoms with van der Waals surface area (Å²) in [5.41, 5.74) is 0.488. The van der Waals surface area contributed by atoms with Gasteiger partial charge in [-0.2, -0.15) is 0 Å². The van der Waals surface area contributed by atoms with Gasteiger partial charge in [0.15, 0.2) is 0 Å². The Labute approximate surface area is 99.3 Å². The molecule has 17 heavy (non-hydrogen) atoms. The number of carbonyl (C=O) groups is 1. The predicted octanol–water partition coefficient (Wildman–Crippen LogP) is 3.71. The molecule has 0 aliphatic heterocycles. The van der Waals surface area contributed by atoms with Crippen LogP contribution in [0.3, 0.4) is 0 Å². The smallest absolute Gasteiger partial charge is 0.303 e. The first kappa shape index (κ1) is 13.6. The van der Waals surface area contributed by atoms with Gasteiger partial charge in [-0.25, -0.2) is 8.78 Å². The molecule has 1 atom stereocenters. The molecule has 0 saturated heterocycles. The van der Waals surface area contributed by atoms with Gasteiger partial charge in [0, 0.05) is 12.5 Å². The van der Waals surface area contributed by atoms with Crippen LogP contribution in [0.1, 0.15) is 44.1 Å². The van der Waals surface area contributed by atoms with Gasteiger partial charge in [-0.15, -0.1) is 0 Å². The largest absolute Gasteiger partial charge is 0.481 e. The number of rotatable bonds is 6. The van der Waals surface area contributed by atoms with Crippen LogP contribution in [-0.2, 0) is 4.79 Å². The number of benzene rings is 1. The average Bonchev–Trinajstić information content (AvgIpc) is 2.23. The molecule has 94 valence electrons. The second-order valence-corrected chi connectivity index (χ2v) is 4.21. The summed E-state index contributed by atoms with van der Waals surface area (Å²) < 4.78 is 26.1. The normalized spacial score (nSPS) is 12.4. The van der Waals surface area contributed by atoms with E-state index in [9.17, 15) is 13.6 Å². The molecular weight excluding hydrogens is 226 g/mol. The zero-order valence-corrected chi connectivity index (χ0v) is 9.75. The molecule has 1 rings (SSSR count). The molecule has 0 fully saturated rings. The zero-order chi connectivity index (χ0) is 12.8. The number of hydrogen-bond acceptors (Lipinski definition) is 1. The predicted molar refractivity (Wildman–Crippen MR) is 60.9 cm³/mol. The molecular formula is C13H16F2O2. The molecule has 2 nitrogen and oxygen atoms in total. The van der Waals surface area contributed by atoms with Crippen LogP contribution in [0.2, 0.25) is 0 Å². The van der Waals surface area contributed by atoms with Gasteiger partial charge < -0.3 is 5.11 Å². The number of carboxylic acid groups (broad SMARTS) is 1. The van der Waals surface area contributed by atoms with Crippen molar-refractivity contribution in [2.24, 2.45) is 0 Å². The van der Waals surface area contributed by atoms with Gasteiger partial charge in [-0.05, 0) is 30.4 Å². The Morgan fingerprint density at radius 3 is 2.65 bits per heavy atom. The summed E-state index contributed by atoms with van der Waals surface area (Å²) in [7, 11) is 0. The Kier molecular flexibility index (Phi) is 5.07. The van der Waals surface area contributed by atoms with Crippen molar-refractivity contribution in [3.05, 3.63) is 35.4 Å². The van der Waals surface area contributed by atoms with Gasteiger partial charge in [0.1, 0.15) is 11.6 Å². The Hall–Kier alpha value is -1.45. The number of halogens is 2. The highest BCUT2D eigenvalue weighted by molar-refractivity contribution is 5.66. The lowest BCUT2D eigenvalue weighted by molar-refractivity contribution is -0.137. The summed E-state index contributed by atoms with van der Waals surface area (Å²) in [5, 5.41) is 8.47. The van der Waals surface area contributed by atoms with Crippen LogP contribution in [0.15, 0.2) is 18.2 Å². The highest BCUT2D eigenvalue weighted by atomic mass is 19.1. The first-order chi connectivity index (χ1) is 8.00. The minimum Gasteiger partial charge on any atom is -0.481 e. The summed E-state index contributed by atoms with van der Waals surface area (Å²) in [6.45, 7) is 1.86. The Morgan fingerprint density at radius 1 is 1.35 bits per heavy atom. The van der Waals surface area contributed by atoms with Gasteiger partial charge in [0.2, 0.25) is 0 Å². The fourth-order valence-electron chi connectivity index (χ4n) is 1.78. The number of hydrogen-bond donors (Lipinski definition) is 1. The molecule has 1 N–H and O–H groups in total. The summed E-state index contributed by atoms with van der Waals surface area (Å²) in [6.07, 6.45) is 2.15. The maximum Gasteiger partial charge on any atom is 0.303 e. The van der Waals surface area contributed by atoms with E-state index in [1.807, 2.05) is 6.92 Å². The molecule has 0 radical (unpaired) electrons. The fourth-order valence-corrected chi connectivity index (χ4v) is 1.78. The maximum atomic E-state index is 13.4. The molecule has 0 aliphatic carbocycles. The van der Waals surface area contributed by atoms with Crippen LogP contribution in [0.5, 0.6) is 0 Å². The van der Waals surface area contributed by atoms with Crippen LogP contribution < -0.4 is 0 Å². The lowest BCUT2D eigenvalue weighted by Crippen LogP contribution is -1.99. The third-order valence-corrected chi connectivity index (χ3v) is 2.77. The van der Waals surface area contributed by atoms with E-state index in [4.69, 9.17) is 5.11 Å². The molecule has 0 amide bonds. The molecule has 0 spiro atoms. The van der Waals surface area contributed by atoms with E-state index >= 15 is 0 Å². The summed E-state index contributed by atoms with van der Waals surface area (Å²) in [4.78, 5) is 10.3. The van der Waals surface area contributed by atoms with E-state index in [0.29, 0.717) is 18.4 Å². The second kappa shape index (κ2) is 6.33. The highest BCUT2D eigenvalue weighted by Gasteiger charge is 2.11. The Morgan fingerprint density at radius 2 is 2.06 bits per heavy atom. The summed E-state index contributed by atoms with van der Waals surface area (Å²) in [6, 6.07) is 3.57. The van der Waals surface area contributed by atoms with Crippen molar-refractivity contribution in [3.8, 4) is 0 Å². The first-order valence-corrected chi connectivity index (χ1v) is 5.67. The van der Waals surface area contributed by atoms with E-state index in [2.05, 4.69) is 0 Å². The van der Waals surface area contributed by atoms with E-state index in [0.717, 1.165) is 12.5 Å². The van der Waals surface area contributed by atoms with Crippen molar-refractivity contribution in [2.75, 3.05) is 0 Å². The third-order valence-electron chi connectivity index (χ3n) is 2.77. The van der Waals surface area contributed by atoms with Gasteiger partial charge >= 0.3 is 5.97 Å². The third kappa shape index (κ3) is 4.51. The molecule has 1 unspecified atom stereocenters. The van der Waals surface area contributed by atoms with Crippen LogP contribution in [0.25, 0.3) is 0 Å². The maximum absolute atomic E-state index is 13.4. The molecule has 1 aromatic carbocycles. The summed E-state index contributed by atoms with van der Waals surface area (Å²) in [5.74, 6) is -1.95. The van der Waals surface area contributed by atoms with E-state index in [1.165, 1.54) is 12.1 Å². The quantitative estimate of drug-likeness (QED) is 0.772. The highest BCUT2D eigenvalue weighted by Crippen LogP contribution is 2.24. The van der Waals surface area contributed by atoms with Crippen molar-refractivity contribution in [3.63, 3.8) is 0 Å². The lowest BCUT2D eigenvalue weighted by atomic mass is 9.94. The zero-order valence-electron chi connectivity index (χ0n) is 9.75. The van der Waals surface area contributed by atoms with Crippen LogP contribution in [0.4, 0.5) is 8.78 Å². The van der Waals surface area contributed by atoms with E-state index in [1.54, 1.807) is 0 Å². The molecule has 0 heterocycles. The van der Waals surface area contributed by atoms with Crippen molar-refractivity contribution >= 4 is 5.97 Å². The van der Waals surface area contributed by atoms with Gasteiger partial charge in [0.25, 0.3) is 0 Å². The number of aliphatic carboxylic acids is 1. The van der Waals surface area contributed by atoms with E-state index in [-0.39, 0.29) is 12.3 Å². The topological polar surface area (TPSA) is 37.3 Å². The van der Waals surface area contributed by atoms with Gasteiger partial charge in [-0.3, -0.25) is 4.79 Å². The SMILES string of the molecule is CC(CCCCC(=O)O)c1ccc(F)cc1F. The fraction of sp³-hybridized carbons (Fsp3) is 0.462. The van der Waals surface area contributed by atoms with Gasteiger partial charge in [-0.1, -0.05) is 19.4 Å². The monoisotopic (exact) mass is 242 g/mol. The van der Waals surface area contributed by atoms with E-state index < -0.39 is 17.6 Å². The van der Waals surface area contributed by atoms with Crippen molar-refractivity contribution in [1.82, 2.24) is 0 Å². The number of carboxylic acids is 1. The second-order valence-electron chi connectivity index (χ2n) is 4.21. The Balaban J connectivity index is 2.46. The van der Waals surface area contributed by atoms with Crippen LogP contribution >= 0.6 is 0 Å². The average molecular weight is 242 g/mol. The van der Waals surface area contributed by atoms with Crippen molar-refractivity contribution in [2.45, 2.75) is 38.5 Å². The standard InChI is InChI=1S/C13H16F2O2/c1-9(4-2-3-5-13(16)17)11-7-6-10(14)8-12(11)15/h6-9H,2-5H2,1H3,(H,16,17). The molecule has 1 aromatic rings. The minimum absolute atomic E-state index is 0.0237. The number of unbranched alkanes of at least 4 members (excludes halogenated alkanes) is 1. The van der Waals surface area contributed by atoms with Crippen molar-refractivity contribution in [1.29, 1.82) is 0 Å². The van der Waals surface area contributed by atoms with Gasteiger partial charge in [0.05, 0.1) is 0 Å². The van der Waals surface area contributed by atoms with Crippen LogP contribution in [-0.4, -0.2) is 11.1 Å². The Bertz CT molecular complexity index is 391. The molecule has 0 aliphatic rings. The molecule has 4 heteroatoms. The molecule has 0 aromatic heterocycles. The molecule has 0 saturated carbocycles. The minimum atomic E-state index is -0.814. The lowest BCUT2D eigenvalue weighted by Gasteiger charge is -2.12. The molecule has 0 bridgehead atoms. The summed E-state index contributed by atoms with van der Waals surface area (Å²) >= 11 is 0. The van der Waals surface area contributed by atoms with Crippen molar-refractivity contribution < 1.29 is 18.7 Å². The first-order valence-electron chi connectivity index (χ1n) is 5.67. The van der Waals surface area contributed by atoms with Crippen LogP contribution in [0, 0.1) is 11.6 Å².